The average molecular weight is 998 g/mol. The second-order valence-corrected chi connectivity index (χ2v) is 24.0. The molecule has 0 atom stereocenters. The molecule has 0 aliphatic rings. The number of unbranched alkanes of at least 4 members (excludes halogenated alkanes) is 6. The number of benzene rings is 4. The summed E-state index contributed by atoms with van der Waals surface area (Å²) in [4.78, 5) is 0. The van der Waals surface area contributed by atoms with Gasteiger partial charge in [-0.25, -0.2) is 0 Å². The van der Waals surface area contributed by atoms with Crippen molar-refractivity contribution in [3.05, 3.63) is 145 Å². The van der Waals surface area contributed by atoms with Gasteiger partial charge in [0.25, 0.3) is 0 Å². The molecular formula is C59H82Cl2OSiZr-4. The van der Waals surface area contributed by atoms with Crippen LogP contribution in [-0.2, 0) is 42.8 Å². The van der Waals surface area contributed by atoms with Gasteiger partial charge in [-0.05, 0) is 66.2 Å². The van der Waals surface area contributed by atoms with Crippen LogP contribution >= 0.6 is 17.0 Å². The minimum atomic E-state index is -0.826. The van der Waals surface area contributed by atoms with Gasteiger partial charge in [-0.15, -0.1) is 74.6 Å². The summed E-state index contributed by atoms with van der Waals surface area (Å²) in [5.41, 5.74) is 12.9. The van der Waals surface area contributed by atoms with Crippen molar-refractivity contribution in [2.75, 3.05) is 6.61 Å². The maximum Gasteiger partial charge on any atom is 0 e. The normalized spacial score (nSPS) is 11.4. The molecule has 0 aliphatic carbocycles. The SMILES string of the molecule is CC(C)c1cc2c(-c3ccc(C(C)(C)C)cc3)cccc2[cH-]1.Cc1[cH-]c2cccc(-c3ccc(C(C)(C)C)cc3)c2c1CCCCCCOC(C)(C)C.[CH2-]CCCCC.[CH3-].[Cl][Zr][Cl].[Si]. The molecule has 0 aliphatic heterocycles. The zero-order valence-corrected chi connectivity index (χ0v) is 47.3. The van der Waals surface area contributed by atoms with Crippen molar-refractivity contribution in [3.63, 3.8) is 0 Å². The minimum absolute atomic E-state index is 0. The molecule has 4 radical (unpaired) electrons. The summed E-state index contributed by atoms with van der Waals surface area (Å²) >= 11 is -0.826. The van der Waals surface area contributed by atoms with E-state index in [9.17, 15) is 0 Å². The number of ether oxygens (including phenoxy) is 1. The molecule has 350 valence electrons. The van der Waals surface area contributed by atoms with E-state index in [4.69, 9.17) is 21.8 Å². The predicted molar refractivity (Wildman–Crippen MR) is 287 cm³/mol. The maximum absolute atomic E-state index is 5.85. The molecule has 0 N–H and O–H groups in total. The number of hydrogen-bond donors (Lipinski definition) is 0. The Labute approximate surface area is 416 Å². The minimum Gasteiger partial charge on any atom is 0 e. The molecule has 5 heteroatoms. The Hall–Kier alpha value is -2.26. The molecule has 0 spiro atoms. The molecule has 6 aromatic carbocycles. The summed E-state index contributed by atoms with van der Waals surface area (Å²) in [6.07, 6.45) is 11.1. The van der Waals surface area contributed by atoms with Crippen molar-refractivity contribution >= 4 is 49.5 Å². The van der Waals surface area contributed by atoms with Gasteiger partial charge in [0.15, 0.2) is 0 Å². The summed E-state index contributed by atoms with van der Waals surface area (Å²) in [6, 6.07) is 38.7. The topological polar surface area (TPSA) is 9.23 Å². The Morgan fingerprint density at radius 2 is 1.16 bits per heavy atom. The number of halogens is 2. The summed E-state index contributed by atoms with van der Waals surface area (Å²) in [6.45, 7) is 33.6. The zero-order valence-electron chi connectivity index (χ0n) is 42.3. The standard InChI is InChI=1S/C30H41O.C22H25.C6H13.CH3.2ClH.Si.Zr/c1-22-21-24-13-12-15-27(23-16-18-25(19-17-23)29(2,3)4)28(24)26(22)14-10-8-9-11-20-31-30(5,6)7;1-15(2)18-13-17-7-6-8-20(21(17)14-18)16-9-11-19(12-10-16)22(3,4)5;1-3-5-6-4-2;;;;;/h12-13,15-19,21H,8-11,14,20H2,1-7H3;6-15H,1-5H3;1,3-6H2,2H3;1H3;2*1H;;/q4*-1;;;;+2/p-2. The van der Waals surface area contributed by atoms with E-state index in [2.05, 4.69) is 200 Å². The zero-order chi connectivity index (χ0) is 46.1. The predicted octanol–water partition coefficient (Wildman–Crippen LogP) is 19.2. The van der Waals surface area contributed by atoms with Crippen LogP contribution in [-0.4, -0.2) is 23.2 Å². The number of fused-ring (bicyclic) bond motifs is 2. The van der Waals surface area contributed by atoms with E-state index in [-0.39, 0.29) is 34.8 Å². The number of aryl methyl sites for hydroxylation is 2. The van der Waals surface area contributed by atoms with Gasteiger partial charge in [-0.2, -0.15) is 12.5 Å². The Morgan fingerprint density at radius 3 is 1.62 bits per heavy atom. The van der Waals surface area contributed by atoms with E-state index in [1.54, 1.807) is 0 Å². The monoisotopic (exact) mass is 994 g/mol. The Morgan fingerprint density at radius 1 is 0.656 bits per heavy atom. The third kappa shape index (κ3) is 19.2. The number of rotatable bonds is 13. The van der Waals surface area contributed by atoms with Gasteiger partial charge >= 0.3 is 37.9 Å². The average Bonchev–Trinajstić information content (AvgIpc) is 3.80. The molecule has 6 aromatic rings. The molecule has 64 heavy (non-hydrogen) atoms. The Balaban J connectivity index is 0.000000541. The van der Waals surface area contributed by atoms with Gasteiger partial charge in [0, 0.05) is 17.6 Å². The van der Waals surface area contributed by atoms with Crippen molar-refractivity contribution < 1.29 is 25.6 Å². The Kier molecular flexibility index (Phi) is 26.9. The third-order valence-corrected chi connectivity index (χ3v) is 11.5. The van der Waals surface area contributed by atoms with E-state index in [1.165, 1.54) is 110 Å². The first-order valence-corrected chi connectivity index (χ1v) is 29.6. The molecule has 0 bridgehead atoms. The molecule has 0 fully saturated rings. The molecule has 0 amide bonds. The van der Waals surface area contributed by atoms with Gasteiger partial charge < -0.3 is 19.1 Å². The molecule has 0 heterocycles. The summed E-state index contributed by atoms with van der Waals surface area (Å²) in [5.74, 6) is 0.573. The first kappa shape index (κ1) is 59.8. The Bertz CT molecular complexity index is 2170. The van der Waals surface area contributed by atoms with Crippen LogP contribution < -0.4 is 0 Å². The summed E-state index contributed by atoms with van der Waals surface area (Å²) in [7, 11) is 9.87. The van der Waals surface area contributed by atoms with Crippen LogP contribution in [0.4, 0.5) is 0 Å². The van der Waals surface area contributed by atoms with Crippen molar-refractivity contribution in [2.45, 2.75) is 170 Å². The van der Waals surface area contributed by atoms with Crippen molar-refractivity contribution in [3.8, 4) is 22.3 Å². The van der Waals surface area contributed by atoms with Crippen molar-refractivity contribution in [1.82, 2.24) is 0 Å². The fourth-order valence-electron chi connectivity index (χ4n) is 7.81. The van der Waals surface area contributed by atoms with Crippen LogP contribution in [0.15, 0.2) is 103 Å². The second-order valence-electron chi connectivity index (χ2n) is 20.2. The quantitative estimate of drug-likeness (QED) is 0.0636. The van der Waals surface area contributed by atoms with Gasteiger partial charge in [-0.1, -0.05) is 186 Å². The van der Waals surface area contributed by atoms with Crippen LogP contribution in [0.2, 0.25) is 0 Å². The second kappa shape index (κ2) is 28.8. The molecule has 1 nitrogen and oxygen atoms in total. The molecular weight excluding hydrogens is 915 g/mol. The summed E-state index contributed by atoms with van der Waals surface area (Å²) < 4.78 is 5.85. The number of hydrogen-bond acceptors (Lipinski definition) is 1. The molecule has 0 unspecified atom stereocenters. The van der Waals surface area contributed by atoms with E-state index in [0.717, 1.165) is 25.9 Å². The van der Waals surface area contributed by atoms with E-state index >= 15 is 0 Å². The molecule has 0 saturated carbocycles. The molecule has 0 saturated heterocycles. The van der Waals surface area contributed by atoms with Crippen molar-refractivity contribution in [2.24, 2.45) is 0 Å². The van der Waals surface area contributed by atoms with Crippen LogP contribution in [0.25, 0.3) is 43.8 Å². The van der Waals surface area contributed by atoms with Gasteiger partial charge in [-0.3, -0.25) is 0 Å². The third-order valence-electron chi connectivity index (χ3n) is 11.5. The largest absolute Gasteiger partial charge is 0 e. The van der Waals surface area contributed by atoms with E-state index in [0.29, 0.717) is 5.92 Å². The molecule has 0 aromatic heterocycles. The van der Waals surface area contributed by atoms with Gasteiger partial charge in [0.2, 0.25) is 0 Å². The summed E-state index contributed by atoms with van der Waals surface area (Å²) in [5, 5.41) is 5.55. The maximum atomic E-state index is 5.85. The van der Waals surface area contributed by atoms with Crippen LogP contribution in [0, 0.1) is 21.3 Å². The van der Waals surface area contributed by atoms with Crippen molar-refractivity contribution in [1.29, 1.82) is 0 Å². The van der Waals surface area contributed by atoms with Gasteiger partial charge in [0.1, 0.15) is 0 Å². The smallest absolute Gasteiger partial charge is 0 e. The fourth-order valence-corrected chi connectivity index (χ4v) is 7.81. The van der Waals surface area contributed by atoms with Crippen LogP contribution in [0.3, 0.4) is 0 Å². The fraction of sp³-hybridized carbons (Fsp3) is 0.458. The van der Waals surface area contributed by atoms with E-state index in [1.807, 2.05) is 0 Å². The molecule has 6 rings (SSSR count). The van der Waals surface area contributed by atoms with Crippen LogP contribution in [0.5, 0.6) is 0 Å². The van der Waals surface area contributed by atoms with Gasteiger partial charge in [0.05, 0.1) is 5.60 Å². The van der Waals surface area contributed by atoms with E-state index < -0.39 is 20.8 Å². The first-order valence-electron chi connectivity index (χ1n) is 23.2. The van der Waals surface area contributed by atoms with Crippen LogP contribution in [0.1, 0.15) is 168 Å². The first-order chi connectivity index (χ1) is 29.2.